The standard InChI is InChI=1S/C22H21BrN2O3/c1-22(2,16-6-4-3-5-7-16)17-8-10-18(11-9-17)27-15-21(26)25-24-14-19-12-13-20(23)28-19/h3-14H,15H2,1-2H3,(H,25,26). The quantitative estimate of drug-likeness (QED) is 0.419. The third-order valence-electron chi connectivity index (χ3n) is 4.42. The fourth-order valence-electron chi connectivity index (χ4n) is 2.74. The van der Waals surface area contributed by atoms with Crippen LogP contribution in [0.5, 0.6) is 5.75 Å². The third-order valence-corrected chi connectivity index (χ3v) is 4.84. The monoisotopic (exact) mass is 440 g/mol. The first-order valence-electron chi connectivity index (χ1n) is 8.81. The van der Waals surface area contributed by atoms with Crippen LogP contribution in [0.25, 0.3) is 0 Å². The zero-order valence-corrected chi connectivity index (χ0v) is 17.3. The Morgan fingerprint density at radius 2 is 1.75 bits per heavy atom. The molecule has 1 N–H and O–H groups in total. The highest BCUT2D eigenvalue weighted by atomic mass is 79.9. The minimum atomic E-state index is -0.351. The second-order valence-corrected chi connectivity index (χ2v) is 7.52. The number of hydrogen-bond donors (Lipinski definition) is 1. The Kier molecular flexibility index (Phi) is 6.31. The summed E-state index contributed by atoms with van der Waals surface area (Å²) < 4.78 is 11.4. The van der Waals surface area contributed by atoms with Crippen molar-refractivity contribution in [2.75, 3.05) is 6.61 Å². The molecule has 3 aromatic rings. The average molecular weight is 441 g/mol. The van der Waals surface area contributed by atoms with Crippen LogP contribution in [0.2, 0.25) is 0 Å². The van der Waals surface area contributed by atoms with Crippen LogP contribution in [0.3, 0.4) is 0 Å². The number of hydrogen-bond acceptors (Lipinski definition) is 4. The number of rotatable bonds is 7. The minimum Gasteiger partial charge on any atom is -0.484 e. The van der Waals surface area contributed by atoms with Gasteiger partial charge in [0.25, 0.3) is 5.91 Å². The van der Waals surface area contributed by atoms with Crippen LogP contribution in [0.1, 0.15) is 30.7 Å². The number of ether oxygens (including phenoxy) is 1. The van der Waals surface area contributed by atoms with Gasteiger partial charge in [0.15, 0.2) is 11.3 Å². The predicted octanol–water partition coefficient (Wildman–Crippen LogP) is 4.90. The number of nitrogens with one attached hydrogen (secondary N) is 1. The van der Waals surface area contributed by atoms with Gasteiger partial charge in [-0.15, -0.1) is 0 Å². The van der Waals surface area contributed by atoms with Crippen LogP contribution in [-0.4, -0.2) is 18.7 Å². The number of amides is 1. The van der Waals surface area contributed by atoms with E-state index in [-0.39, 0.29) is 17.9 Å². The lowest BCUT2D eigenvalue weighted by atomic mass is 9.78. The maximum absolute atomic E-state index is 11.8. The van der Waals surface area contributed by atoms with Gasteiger partial charge in [-0.1, -0.05) is 56.3 Å². The van der Waals surface area contributed by atoms with Gasteiger partial charge in [-0.05, 0) is 51.3 Å². The smallest absolute Gasteiger partial charge is 0.277 e. The van der Waals surface area contributed by atoms with E-state index in [4.69, 9.17) is 9.15 Å². The van der Waals surface area contributed by atoms with Gasteiger partial charge in [-0.2, -0.15) is 5.10 Å². The molecule has 0 aliphatic carbocycles. The molecule has 0 spiro atoms. The maximum Gasteiger partial charge on any atom is 0.277 e. The molecule has 1 amide bonds. The van der Waals surface area contributed by atoms with Crippen LogP contribution in [0, 0.1) is 0 Å². The molecule has 0 bridgehead atoms. The number of nitrogens with zero attached hydrogens (tertiary/aromatic N) is 1. The molecule has 0 unspecified atom stereocenters. The van der Waals surface area contributed by atoms with Gasteiger partial charge in [0.2, 0.25) is 0 Å². The molecule has 1 heterocycles. The van der Waals surface area contributed by atoms with Gasteiger partial charge in [0.05, 0.1) is 6.21 Å². The zero-order valence-electron chi connectivity index (χ0n) is 15.7. The van der Waals surface area contributed by atoms with E-state index in [2.05, 4.69) is 52.4 Å². The summed E-state index contributed by atoms with van der Waals surface area (Å²) in [6.45, 7) is 4.24. The van der Waals surface area contributed by atoms with Crippen molar-refractivity contribution < 1.29 is 13.9 Å². The van der Waals surface area contributed by atoms with Crippen molar-refractivity contribution in [3.05, 3.63) is 88.3 Å². The highest BCUT2D eigenvalue weighted by Crippen LogP contribution is 2.32. The summed E-state index contributed by atoms with van der Waals surface area (Å²) in [5.41, 5.74) is 4.69. The van der Waals surface area contributed by atoms with Crippen molar-refractivity contribution in [1.82, 2.24) is 5.43 Å². The highest BCUT2D eigenvalue weighted by molar-refractivity contribution is 9.10. The molecule has 0 fully saturated rings. The van der Waals surface area contributed by atoms with Crippen LogP contribution in [0.15, 0.2) is 80.9 Å². The molecule has 0 radical (unpaired) electrons. The summed E-state index contributed by atoms with van der Waals surface area (Å²) in [4.78, 5) is 11.8. The van der Waals surface area contributed by atoms with E-state index >= 15 is 0 Å². The van der Waals surface area contributed by atoms with Gasteiger partial charge in [0, 0.05) is 5.41 Å². The first-order chi connectivity index (χ1) is 13.4. The van der Waals surface area contributed by atoms with E-state index in [0.29, 0.717) is 16.2 Å². The summed E-state index contributed by atoms with van der Waals surface area (Å²) in [5.74, 6) is 0.807. The van der Waals surface area contributed by atoms with Crippen LogP contribution in [-0.2, 0) is 10.2 Å². The molecule has 0 aliphatic rings. The largest absolute Gasteiger partial charge is 0.484 e. The lowest BCUT2D eigenvalue weighted by molar-refractivity contribution is -0.123. The van der Waals surface area contributed by atoms with Crippen molar-refractivity contribution in [2.45, 2.75) is 19.3 Å². The second kappa shape index (κ2) is 8.89. The lowest BCUT2D eigenvalue weighted by Gasteiger charge is -2.26. The van der Waals surface area contributed by atoms with E-state index in [0.717, 1.165) is 0 Å². The molecule has 0 saturated heterocycles. The summed E-state index contributed by atoms with van der Waals surface area (Å²) in [6, 6.07) is 21.6. The van der Waals surface area contributed by atoms with Crippen molar-refractivity contribution in [3.63, 3.8) is 0 Å². The third kappa shape index (κ3) is 5.10. The normalized spacial score (nSPS) is 11.5. The van der Waals surface area contributed by atoms with E-state index in [9.17, 15) is 4.79 Å². The Morgan fingerprint density at radius 3 is 2.39 bits per heavy atom. The average Bonchev–Trinajstić information content (AvgIpc) is 3.12. The molecule has 1 aromatic heterocycles. The van der Waals surface area contributed by atoms with Gasteiger partial charge < -0.3 is 9.15 Å². The summed E-state index contributed by atoms with van der Waals surface area (Å²) in [7, 11) is 0. The summed E-state index contributed by atoms with van der Waals surface area (Å²) >= 11 is 3.20. The zero-order chi connectivity index (χ0) is 20.0. The molecule has 28 heavy (non-hydrogen) atoms. The summed E-state index contributed by atoms with van der Waals surface area (Å²) in [5, 5.41) is 3.83. The van der Waals surface area contributed by atoms with Gasteiger partial charge in [-0.3, -0.25) is 4.79 Å². The molecule has 2 aromatic carbocycles. The molecule has 6 heteroatoms. The predicted molar refractivity (Wildman–Crippen MR) is 113 cm³/mol. The molecule has 0 aliphatic heterocycles. The summed E-state index contributed by atoms with van der Waals surface area (Å²) in [6.07, 6.45) is 1.42. The number of carbonyl (C=O) groups excluding carboxylic acids is 1. The SMILES string of the molecule is CC(C)(c1ccccc1)c1ccc(OCC(=O)NN=Cc2ccc(Br)o2)cc1. The first kappa shape index (κ1) is 19.9. The number of benzene rings is 2. The fourth-order valence-corrected chi connectivity index (χ4v) is 3.06. The van der Waals surface area contributed by atoms with E-state index in [1.807, 2.05) is 42.5 Å². The molecule has 144 valence electrons. The van der Waals surface area contributed by atoms with Crippen LogP contribution in [0.4, 0.5) is 0 Å². The molecular formula is C22H21BrN2O3. The van der Waals surface area contributed by atoms with E-state index in [1.165, 1.54) is 17.3 Å². The van der Waals surface area contributed by atoms with Crippen LogP contribution >= 0.6 is 15.9 Å². The second-order valence-electron chi connectivity index (χ2n) is 6.74. The number of halogens is 1. The van der Waals surface area contributed by atoms with Gasteiger partial charge in [0.1, 0.15) is 11.5 Å². The number of carbonyl (C=O) groups is 1. The topological polar surface area (TPSA) is 63.8 Å². The van der Waals surface area contributed by atoms with E-state index < -0.39 is 0 Å². The molecule has 5 nitrogen and oxygen atoms in total. The molecule has 0 atom stereocenters. The van der Waals surface area contributed by atoms with Crippen molar-refractivity contribution in [3.8, 4) is 5.75 Å². The minimum absolute atomic E-state index is 0.118. The number of furan rings is 1. The van der Waals surface area contributed by atoms with Gasteiger partial charge in [-0.25, -0.2) is 5.43 Å². The fraction of sp³-hybridized carbons (Fsp3) is 0.182. The first-order valence-corrected chi connectivity index (χ1v) is 9.60. The Bertz CT molecular complexity index is 947. The number of hydrazone groups is 1. The highest BCUT2D eigenvalue weighted by Gasteiger charge is 2.22. The Morgan fingerprint density at radius 1 is 1.07 bits per heavy atom. The molecular weight excluding hydrogens is 420 g/mol. The van der Waals surface area contributed by atoms with Crippen LogP contribution < -0.4 is 10.2 Å². The molecule has 3 rings (SSSR count). The van der Waals surface area contributed by atoms with Gasteiger partial charge >= 0.3 is 0 Å². The van der Waals surface area contributed by atoms with E-state index in [1.54, 1.807) is 12.1 Å². The Labute approximate surface area is 172 Å². The lowest BCUT2D eigenvalue weighted by Crippen LogP contribution is -2.24. The van der Waals surface area contributed by atoms with Crippen molar-refractivity contribution >= 4 is 28.1 Å². The van der Waals surface area contributed by atoms with Crippen molar-refractivity contribution in [1.29, 1.82) is 0 Å². The molecule has 0 saturated carbocycles. The Balaban J connectivity index is 1.53. The Hall–Kier alpha value is -2.86. The van der Waals surface area contributed by atoms with Crippen molar-refractivity contribution in [2.24, 2.45) is 5.10 Å². The maximum atomic E-state index is 11.8.